The first-order valence-corrected chi connectivity index (χ1v) is 8.33. The smallest absolute Gasteiger partial charge is 0.317 e. The molecule has 1 aliphatic heterocycles. The third-order valence-corrected chi connectivity index (χ3v) is 4.30. The van der Waals surface area contributed by atoms with Crippen LogP contribution in [0.3, 0.4) is 0 Å². The van der Waals surface area contributed by atoms with E-state index in [9.17, 15) is 9.59 Å². The van der Waals surface area contributed by atoms with Crippen molar-refractivity contribution in [3.8, 4) is 0 Å². The minimum Gasteiger partial charge on any atom is -0.337 e. The van der Waals surface area contributed by atoms with Crippen LogP contribution in [-0.2, 0) is 6.54 Å². The van der Waals surface area contributed by atoms with Crippen molar-refractivity contribution < 1.29 is 4.79 Å². The Bertz CT molecular complexity index is 767. The lowest BCUT2D eigenvalue weighted by atomic mass is 10.2. The molecule has 1 fully saturated rings. The number of carbonyl (C=O) groups excluding carboxylic acids is 1. The first-order valence-electron chi connectivity index (χ1n) is 8.33. The molecule has 2 amide bonds. The number of fused-ring (bicyclic) bond motifs is 1. The highest BCUT2D eigenvalue weighted by molar-refractivity contribution is 5.77. The Labute approximate surface area is 140 Å². The van der Waals surface area contributed by atoms with Crippen LogP contribution < -0.4 is 10.9 Å². The lowest BCUT2D eigenvalue weighted by molar-refractivity contribution is 0.203. The number of hydrogen-bond acceptors (Lipinski definition) is 4. The molecule has 7 heteroatoms. The number of carbonyl (C=O) groups is 1. The fourth-order valence-corrected chi connectivity index (χ4v) is 2.97. The Kier molecular flexibility index (Phi) is 5.10. The lowest BCUT2D eigenvalue weighted by Crippen LogP contribution is -2.41. The minimum absolute atomic E-state index is 0.162. The first-order chi connectivity index (χ1) is 11.6. The van der Waals surface area contributed by atoms with Gasteiger partial charge in [-0.05, 0) is 38.1 Å². The molecule has 1 aromatic carbocycles. The quantitative estimate of drug-likeness (QED) is 0.862. The van der Waals surface area contributed by atoms with Gasteiger partial charge in [0.05, 0.1) is 17.4 Å². The Morgan fingerprint density at radius 3 is 2.88 bits per heavy atom. The highest BCUT2D eigenvalue weighted by Crippen LogP contribution is 2.07. The molecule has 1 aliphatic rings. The van der Waals surface area contributed by atoms with E-state index in [1.807, 2.05) is 6.07 Å². The second kappa shape index (κ2) is 7.44. The van der Waals surface area contributed by atoms with Gasteiger partial charge >= 0.3 is 6.03 Å². The minimum atomic E-state index is -0.182. The highest BCUT2D eigenvalue weighted by atomic mass is 16.2. The van der Waals surface area contributed by atoms with Crippen molar-refractivity contribution in [1.82, 2.24) is 25.1 Å². The van der Waals surface area contributed by atoms with Crippen molar-refractivity contribution in [2.24, 2.45) is 0 Å². The van der Waals surface area contributed by atoms with Crippen LogP contribution in [0.2, 0.25) is 0 Å². The number of nitrogens with one attached hydrogen (secondary N) is 2. The van der Waals surface area contributed by atoms with Crippen LogP contribution in [0.25, 0.3) is 10.9 Å². The molecule has 1 aromatic heterocycles. The fraction of sp³-hybridized carbons (Fsp3) is 0.471. The van der Waals surface area contributed by atoms with Gasteiger partial charge in [0.25, 0.3) is 5.56 Å². The maximum atomic E-state index is 12.1. The van der Waals surface area contributed by atoms with Crippen molar-refractivity contribution in [2.45, 2.75) is 19.4 Å². The van der Waals surface area contributed by atoms with Crippen LogP contribution in [0.1, 0.15) is 18.7 Å². The number of amides is 2. The highest BCUT2D eigenvalue weighted by Gasteiger charge is 2.14. The molecule has 3 rings (SSSR count). The second-order valence-electron chi connectivity index (χ2n) is 6.17. The molecule has 24 heavy (non-hydrogen) atoms. The van der Waals surface area contributed by atoms with Crippen LogP contribution in [0.5, 0.6) is 0 Å². The third-order valence-electron chi connectivity index (χ3n) is 4.30. The largest absolute Gasteiger partial charge is 0.337 e. The molecule has 0 radical (unpaired) electrons. The molecule has 0 spiro atoms. The van der Waals surface area contributed by atoms with Gasteiger partial charge in [-0.25, -0.2) is 9.78 Å². The summed E-state index contributed by atoms with van der Waals surface area (Å²) in [5.74, 6) is 0.482. The van der Waals surface area contributed by atoms with Gasteiger partial charge in [-0.3, -0.25) is 4.79 Å². The van der Waals surface area contributed by atoms with E-state index in [1.54, 1.807) is 25.2 Å². The van der Waals surface area contributed by atoms with Crippen molar-refractivity contribution in [2.75, 3.05) is 33.2 Å². The predicted octanol–water partition coefficient (Wildman–Crippen LogP) is 1.16. The maximum Gasteiger partial charge on any atom is 0.317 e. The molecule has 7 nitrogen and oxygen atoms in total. The number of urea groups is 1. The summed E-state index contributed by atoms with van der Waals surface area (Å²) in [5, 5.41) is 3.46. The number of nitrogens with zero attached hydrogens (tertiary/aromatic N) is 3. The number of aromatic amines is 1. The zero-order valence-electron chi connectivity index (χ0n) is 13.9. The van der Waals surface area contributed by atoms with E-state index >= 15 is 0 Å². The molecule has 0 aliphatic carbocycles. The van der Waals surface area contributed by atoms with Crippen molar-refractivity contribution in [3.05, 3.63) is 40.4 Å². The van der Waals surface area contributed by atoms with Gasteiger partial charge in [0.2, 0.25) is 0 Å². The van der Waals surface area contributed by atoms with Gasteiger partial charge in [0, 0.05) is 20.1 Å². The Morgan fingerprint density at radius 1 is 1.33 bits per heavy atom. The van der Waals surface area contributed by atoms with Gasteiger partial charge < -0.3 is 20.1 Å². The summed E-state index contributed by atoms with van der Waals surface area (Å²) < 4.78 is 0. The summed E-state index contributed by atoms with van der Waals surface area (Å²) in [6, 6.07) is 7.01. The van der Waals surface area contributed by atoms with E-state index in [0.717, 1.165) is 19.6 Å². The zero-order valence-corrected chi connectivity index (χ0v) is 13.9. The lowest BCUT2D eigenvalue weighted by Gasteiger charge is -2.19. The normalized spacial score (nSPS) is 14.9. The van der Waals surface area contributed by atoms with Gasteiger partial charge in [-0.15, -0.1) is 0 Å². The summed E-state index contributed by atoms with van der Waals surface area (Å²) >= 11 is 0. The monoisotopic (exact) mass is 329 g/mol. The Balaban J connectivity index is 1.56. The molecule has 2 aromatic rings. The number of likely N-dealkylation sites (tertiary alicyclic amines) is 1. The SMILES string of the molecule is CN(Cc1nc2ccccc2c(=O)[nH]1)C(=O)NCCN1CCCC1. The number of benzene rings is 1. The van der Waals surface area contributed by atoms with Gasteiger partial charge in [-0.2, -0.15) is 0 Å². The van der Waals surface area contributed by atoms with Gasteiger partial charge in [-0.1, -0.05) is 12.1 Å². The predicted molar refractivity (Wildman–Crippen MR) is 92.9 cm³/mol. The molecule has 1 saturated heterocycles. The molecular weight excluding hydrogens is 306 g/mol. The standard InChI is InChI=1S/C17H23N5O2/c1-21(17(24)18-8-11-22-9-4-5-10-22)12-15-19-14-7-3-2-6-13(14)16(23)20-15/h2-3,6-7H,4-5,8-12H2,1H3,(H,18,24)(H,19,20,23). The number of hydrogen-bond donors (Lipinski definition) is 2. The average molecular weight is 329 g/mol. The summed E-state index contributed by atoms with van der Waals surface area (Å²) in [5.41, 5.74) is 0.456. The topological polar surface area (TPSA) is 81.3 Å². The zero-order chi connectivity index (χ0) is 16.9. The van der Waals surface area contributed by atoms with E-state index in [4.69, 9.17) is 0 Å². The van der Waals surface area contributed by atoms with Crippen molar-refractivity contribution in [1.29, 1.82) is 0 Å². The molecule has 0 unspecified atom stereocenters. The molecule has 0 saturated carbocycles. The Hall–Kier alpha value is -2.41. The van der Waals surface area contributed by atoms with Crippen LogP contribution in [-0.4, -0.2) is 59.0 Å². The summed E-state index contributed by atoms with van der Waals surface area (Å²) in [6.07, 6.45) is 2.49. The summed E-state index contributed by atoms with van der Waals surface area (Å²) in [6.45, 7) is 4.01. The number of para-hydroxylation sites is 1. The molecule has 0 atom stereocenters. The summed E-state index contributed by atoms with van der Waals surface area (Å²) in [7, 11) is 1.69. The Morgan fingerprint density at radius 2 is 2.08 bits per heavy atom. The van der Waals surface area contributed by atoms with Gasteiger partial charge in [0.15, 0.2) is 0 Å². The van der Waals surface area contributed by atoms with Crippen molar-refractivity contribution in [3.63, 3.8) is 0 Å². The van der Waals surface area contributed by atoms with E-state index in [-0.39, 0.29) is 18.1 Å². The number of rotatable bonds is 5. The summed E-state index contributed by atoms with van der Waals surface area (Å²) in [4.78, 5) is 35.2. The molecule has 2 heterocycles. The van der Waals surface area contributed by atoms with Crippen LogP contribution in [0, 0.1) is 0 Å². The molecule has 2 N–H and O–H groups in total. The number of H-pyrrole nitrogens is 1. The molecular formula is C17H23N5O2. The first kappa shape index (κ1) is 16.4. The van der Waals surface area contributed by atoms with E-state index in [1.165, 1.54) is 17.7 Å². The third kappa shape index (κ3) is 3.91. The van der Waals surface area contributed by atoms with E-state index in [0.29, 0.717) is 23.3 Å². The van der Waals surface area contributed by atoms with Crippen LogP contribution >= 0.6 is 0 Å². The van der Waals surface area contributed by atoms with Crippen molar-refractivity contribution >= 4 is 16.9 Å². The fourth-order valence-electron chi connectivity index (χ4n) is 2.97. The maximum absolute atomic E-state index is 12.1. The van der Waals surface area contributed by atoms with Gasteiger partial charge in [0.1, 0.15) is 5.82 Å². The average Bonchev–Trinajstić information content (AvgIpc) is 3.08. The van der Waals surface area contributed by atoms with E-state index < -0.39 is 0 Å². The van der Waals surface area contributed by atoms with Crippen LogP contribution in [0.15, 0.2) is 29.1 Å². The molecule has 0 bridgehead atoms. The molecule has 128 valence electrons. The van der Waals surface area contributed by atoms with E-state index in [2.05, 4.69) is 20.2 Å². The second-order valence-corrected chi connectivity index (χ2v) is 6.17. The van der Waals surface area contributed by atoms with Crippen LogP contribution in [0.4, 0.5) is 4.79 Å². The number of aromatic nitrogens is 2.